The minimum absolute atomic E-state index is 0.0144. The van der Waals surface area contributed by atoms with Crippen LogP contribution in [0, 0.1) is 11.8 Å². The van der Waals surface area contributed by atoms with Crippen molar-refractivity contribution >= 4 is 49.4 Å². The number of nitrogens with one attached hydrogen (secondary N) is 1. The van der Waals surface area contributed by atoms with Gasteiger partial charge >= 0.3 is 5.97 Å². The van der Waals surface area contributed by atoms with Crippen molar-refractivity contribution in [2.75, 3.05) is 5.32 Å². The molecule has 1 amide bonds. The number of aliphatic carboxylic acids is 1. The van der Waals surface area contributed by atoms with Gasteiger partial charge in [-0.15, -0.1) is 0 Å². The van der Waals surface area contributed by atoms with E-state index in [1.54, 1.807) is 12.1 Å². The number of ether oxygens (including phenoxy) is 1. The van der Waals surface area contributed by atoms with Crippen molar-refractivity contribution < 1.29 is 24.5 Å². The quantitative estimate of drug-likeness (QED) is 0.681. The van der Waals surface area contributed by atoms with Gasteiger partial charge in [-0.05, 0) is 12.1 Å². The highest BCUT2D eigenvalue weighted by molar-refractivity contribution is 9.14. The summed E-state index contributed by atoms with van der Waals surface area (Å²) in [5.41, 5.74) is 0.399. The van der Waals surface area contributed by atoms with E-state index in [1.165, 1.54) is 12.1 Å². The number of carboxylic acid groups (broad SMARTS) is 1. The Hall–Kier alpha value is -1.38. The molecule has 0 aliphatic carbocycles. The zero-order chi connectivity index (χ0) is 16.0. The molecule has 2 bridgehead atoms. The molecule has 3 N–H and O–H groups in total. The summed E-state index contributed by atoms with van der Waals surface area (Å²) in [6.45, 7) is 0. The molecule has 3 rings (SSSR count). The third kappa shape index (κ3) is 2.45. The van der Waals surface area contributed by atoms with Crippen molar-refractivity contribution in [1.29, 1.82) is 0 Å². The van der Waals surface area contributed by atoms with Crippen LogP contribution < -0.4 is 5.32 Å². The molecule has 1 saturated heterocycles. The fourth-order valence-corrected chi connectivity index (χ4v) is 4.04. The molecule has 8 heteroatoms. The van der Waals surface area contributed by atoms with Gasteiger partial charge < -0.3 is 20.3 Å². The number of halogens is 2. The van der Waals surface area contributed by atoms with Crippen LogP contribution >= 0.6 is 31.9 Å². The Morgan fingerprint density at radius 2 is 1.77 bits per heavy atom. The number of fused-ring (bicyclic) bond motifs is 2. The Labute approximate surface area is 142 Å². The largest absolute Gasteiger partial charge is 0.508 e. The van der Waals surface area contributed by atoms with Crippen LogP contribution in [0.4, 0.5) is 5.69 Å². The van der Waals surface area contributed by atoms with Crippen molar-refractivity contribution in [1.82, 2.24) is 0 Å². The van der Waals surface area contributed by atoms with Gasteiger partial charge in [0.2, 0.25) is 5.91 Å². The molecule has 2 aliphatic rings. The molecule has 116 valence electrons. The summed E-state index contributed by atoms with van der Waals surface area (Å²) >= 11 is 6.64. The Bertz CT molecular complexity index is 690. The van der Waals surface area contributed by atoms with Crippen molar-refractivity contribution in [2.24, 2.45) is 11.8 Å². The predicted molar refractivity (Wildman–Crippen MR) is 84.9 cm³/mol. The van der Waals surface area contributed by atoms with E-state index in [-0.39, 0.29) is 5.75 Å². The number of carbonyl (C=O) groups is 2. The zero-order valence-corrected chi connectivity index (χ0v) is 14.2. The molecule has 1 aromatic rings. The Kier molecular flexibility index (Phi) is 4.00. The molecule has 0 spiro atoms. The number of carboxylic acids is 1. The monoisotopic (exact) mass is 431 g/mol. The zero-order valence-electron chi connectivity index (χ0n) is 11.0. The second-order valence-corrected chi connectivity index (χ2v) is 6.81. The summed E-state index contributed by atoms with van der Waals surface area (Å²) in [5.74, 6) is -3.33. The summed E-state index contributed by atoms with van der Waals surface area (Å²) < 4.78 is 6.90. The normalized spacial score (nSPS) is 29.7. The van der Waals surface area contributed by atoms with Crippen LogP contribution in [0.5, 0.6) is 5.75 Å². The SMILES string of the molecule is O=C(O)[C@@H]1[C@H](C(=O)Nc2cccc(O)c2)[C@H]2O[C@H]1C(Br)=C2Br. The molecule has 0 radical (unpaired) electrons. The van der Waals surface area contributed by atoms with Gasteiger partial charge in [0.25, 0.3) is 0 Å². The van der Waals surface area contributed by atoms with Crippen molar-refractivity contribution in [3.05, 3.63) is 33.2 Å². The predicted octanol–water partition coefficient (Wildman–Crippen LogP) is 2.43. The number of benzene rings is 1. The standard InChI is InChI=1S/C14H11Br2NO5/c15-9-10(16)12-8(14(20)21)7(11(9)22-12)13(19)17-5-2-1-3-6(18)4-5/h1-4,7-8,11-12,18H,(H,17,19)(H,20,21)/t7-,8+,11+,12+/m0/s1. The van der Waals surface area contributed by atoms with Crippen LogP contribution in [0.1, 0.15) is 0 Å². The first-order valence-corrected chi connectivity index (χ1v) is 8.02. The molecule has 0 aromatic heterocycles. The average Bonchev–Trinajstić information content (AvgIpc) is 2.97. The number of amides is 1. The van der Waals surface area contributed by atoms with Gasteiger partial charge in [0.1, 0.15) is 23.9 Å². The highest BCUT2D eigenvalue weighted by Gasteiger charge is 2.58. The smallest absolute Gasteiger partial charge is 0.310 e. The number of hydrogen-bond donors (Lipinski definition) is 3. The molecule has 2 heterocycles. The molecular weight excluding hydrogens is 422 g/mol. The summed E-state index contributed by atoms with van der Waals surface area (Å²) in [5, 5.41) is 21.5. The fourth-order valence-electron chi connectivity index (χ4n) is 2.80. The maximum Gasteiger partial charge on any atom is 0.310 e. The molecule has 0 saturated carbocycles. The maximum atomic E-state index is 12.5. The molecule has 6 nitrogen and oxygen atoms in total. The topological polar surface area (TPSA) is 95.9 Å². The van der Waals surface area contributed by atoms with Gasteiger partial charge in [0, 0.05) is 20.7 Å². The Morgan fingerprint density at radius 1 is 1.14 bits per heavy atom. The summed E-state index contributed by atoms with van der Waals surface area (Å²) in [7, 11) is 0. The number of carbonyl (C=O) groups excluding carboxylic acids is 1. The van der Waals surface area contributed by atoms with Crippen molar-refractivity contribution in [2.45, 2.75) is 12.2 Å². The Morgan fingerprint density at radius 3 is 2.36 bits per heavy atom. The van der Waals surface area contributed by atoms with E-state index in [4.69, 9.17) is 4.74 Å². The number of hydrogen-bond acceptors (Lipinski definition) is 4. The molecule has 1 aromatic carbocycles. The fraction of sp³-hybridized carbons (Fsp3) is 0.286. The van der Waals surface area contributed by atoms with E-state index in [1.807, 2.05) is 0 Å². The summed E-state index contributed by atoms with van der Waals surface area (Å²) in [4.78, 5) is 24.0. The van der Waals surface area contributed by atoms with E-state index in [0.29, 0.717) is 14.7 Å². The molecule has 4 atom stereocenters. The van der Waals surface area contributed by atoms with Crippen molar-refractivity contribution in [3.8, 4) is 5.75 Å². The third-order valence-electron chi connectivity index (χ3n) is 3.76. The van der Waals surface area contributed by atoms with E-state index in [0.717, 1.165) is 0 Å². The highest BCUT2D eigenvalue weighted by Crippen LogP contribution is 2.51. The van der Waals surface area contributed by atoms with E-state index in [2.05, 4.69) is 37.2 Å². The van der Waals surface area contributed by atoms with Gasteiger partial charge in [0.05, 0.1) is 5.92 Å². The van der Waals surface area contributed by atoms with Crippen LogP contribution in [0.2, 0.25) is 0 Å². The number of phenolic OH excluding ortho intramolecular Hbond substituents is 1. The second-order valence-electron chi connectivity index (χ2n) is 5.10. The van der Waals surface area contributed by atoms with Crippen LogP contribution in [0.3, 0.4) is 0 Å². The number of rotatable bonds is 3. The lowest BCUT2D eigenvalue weighted by Gasteiger charge is -2.24. The minimum atomic E-state index is -1.08. The second kappa shape index (κ2) is 5.68. The minimum Gasteiger partial charge on any atom is -0.508 e. The first-order valence-electron chi connectivity index (χ1n) is 6.43. The first kappa shape index (κ1) is 15.5. The van der Waals surface area contributed by atoms with Crippen LogP contribution in [0.15, 0.2) is 33.2 Å². The molecular formula is C14H11Br2NO5. The van der Waals surface area contributed by atoms with E-state index >= 15 is 0 Å². The van der Waals surface area contributed by atoms with Gasteiger partial charge in [-0.25, -0.2) is 0 Å². The lowest BCUT2D eigenvalue weighted by atomic mass is 9.82. The van der Waals surface area contributed by atoms with Crippen LogP contribution in [-0.4, -0.2) is 34.3 Å². The molecule has 1 fully saturated rings. The number of aromatic hydroxyl groups is 1. The number of anilines is 1. The average molecular weight is 433 g/mol. The molecule has 22 heavy (non-hydrogen) atoms. The van der Waals surface area contributed by atoms with Gasteiger partial charge in [0.15, 0.2) is 0 Å². The van der Waals surface area contributed by atoms with Crippen molar-refractivity contribution in [3.63, 3.8) is 0 Å². The Balaban J connectivity index is 1.87. The van der Waals surface area contributed by atoms with E-state index in [9.17, 15) is 19.8 Å². The lowest BCUT2D eigenvalue weighted by Crippen LogP contribution is -2.40. The van der Waals surface area contributed by atoms with Crippen LogP contribution in [-0.2, 0) is 14.3 Å². The molecule has 2 aliphatic heterocycles. The highest BCUT2D eigenvalue weighted by atomic mass is 79.9. The lowest BCUT2D eigenvalue weighted by molar-refractivity contribution is -0.146. The van der Waals surface area contributed by atoms with Gasteiger partial charge in [-0.1, -0.05) is 37.9 Å². The third-order valence-corrected chi connectivity index (χ3v) is 6.05. The maximum absolute atomic E-state index is 12.5. The van der Waals surface area contributed by atoms with E-state index < -0.39 is 35.9 Å². The van der Waals surface area contributed by atoms with Gasteiger partial charge in [-0.3, -0.25) is 9.59 Å². The number of phenols is 1. The molecule has 0 unspecified atom stereocenters. The van der Waals surface area contributed by atoms with Crippen LogP contribution in [0.25, 0.3) is 0 Å². The summed E-state index contributed by atoms with van der Waals surface area (Å²) in [6.07, 6.45) is -1.30. The summed E-state index contributed by atoms with van der Waals surface area (Å²) in [6, 6.07) is 6.07. The van der Waals surface area contributed by atoms with Gasteiger partial charge in [-0.2, -0.15) is 0 Å². The first-order chi connectivity index (χ1) is 10.4.